The largest absolute Gasteiger partial charge is 0.396 e. The van der Waals surface area contributed by atoms with Crippen molar-refractivity contribution in [2.24, 2.45) is 0 Å². The Kier molecular flexibility index (Phi) is 7.81. The smallest absolute Gasteiger partial charge is 0.0472 e. The molecule has 0 bridgehead atoms. The van der Waals surface area contributed by atoms with E-state index in [1.54, 1.807) is 7.11 Å². The van der Waals surface area contributed by atoms with Crippen LogP contribution in [0.25, 0.3) is 0 Å². The van der Waals surface area contributed by atoms with Crippen molar-refractivity contribution in [1.82, 2.24) is 0 Å². The molecule has 0 spiro atoms. The van der Waals surface area contributed by atoms with Crippen LogP contribution in [0.2, 0.25) is 0 Å². The lowest BCUT2D eigenvalue weighted by atomic mass is 10.2. The van der Waals surface area contributed by atoms with Gasteiger partial charge in [0.05, 0.1) is 0 Å². The highest BCUT2D eigenvalue weighted by atomic mass is 79.9. The highest BCUT2D eigenvalue weighted by molar-refractivity contribution is 9.09. The summed E-state index contributed by atoms with van der Waals surface area (Å²) in [5.74, 6) is 0. The van der Waals surface area contributed by atoms with Gasteiger partial charge in [-0.1, -0.05) is 15.9 Å². The predicted octanol–water partition coefficient (Wildman–Crippen LogP) is 1.56. The molecule has 3 heteroatoms. The summed E-state index contributed by atoms with van der Waals surface area (Å²) < 4.78 is 4.90. The van der Waals surface area contributed by atoms with E-state index in [1.165, 1.54) is 0 Å². The van der Waals surface area contributed by atoms with Gasteiger partial charge in [0.15, 0.2) is 0 Å². The lowest BCUT2D eigenvalue weighted by Gasteiger charge is -2.06. The van der Waals surface area contributed by atoms with Crippen LogP contribution in [0.15, 0.2) is 0 Å². The van der Waals surface area contributed by atoms with E-state index in [0.29, 0.717) is 4.83 Å². The number of aliphatic hydroxyl groups is 1. The monoisotopic (exact) mass is 210 g/mol. The zero-order chi connectivity index (χ0) is 7.82. The Bertz CT molecular complexity index is 60.6. The Labute approximate surface area is 70.7 Å². The Morgan fingerprint density at radius 2 is 2.20 bits per heavy atom. The second-order valence-corrected chi connectivity index (χ2v) is 3.54. The maximum absolute atomic E-state index is 8.49. The van der Waals surface area contributed by atoms with E-state index < -0.39 is 0 Å². The lowest BCUT2D eigenvalue weighted by molar-refractivity contribution is 0.192. The van der Waals surface area contributed by atoms with Crippen LogP contribution in [0, 0.1) is 0 Å². The number of alkyl halides is 1. The van der Waals surface area contributed by atoms with Crippen LogP contribution in [0.3, 0.4) is 0 Å². The molecular weight excluding hydrogens is 196 g/mol. The van der Waals surface area contributed by atoms with Gasteiger partial charge in [0, 0.05) is 25.2 Å². The molecule has 1 unspecified atom stereocenters. The third kappa shape index (κ3) is 6.52. The number of halogens is 1. The first-order chi connectivity index (χ1) is 4.81. The van der Waals surface area contributed by atoms with Gasteiger partial charge in [-0.15, -0.1) is 0 Å². The van der Waals surface area contributed by atoms with Crippen LogP contribution >= 0.6 is 15.9 Å². The maximum Gasteiger partial charge on any atom is 0.0472 e. The van der Waals surface area contributed by atoms with Crippen molar-refractivity contribution in [2.45, 2.75) is 24.1 Å². The van der Waals surface area contributed by atoms with Gasteiger partial charge in [-0.2, -0.15) is 0 Å². The standard InChI is InChI=1S/C7H15BrO2/c1-10-6-4-7(8)3-2-5-9/h7,9H,2-6H2,1H3. The van der Waals surface area contributed by atoms with Crippen LogP contribution in [0.4, 0.5) is 0 Å². The molecule has 0 fully saturated rings. The molecule has 2 nitrogen and oxygen atoms in total. The van der Waals surface area contributed by atoms with Crippen molar-refractivity contribution in [3.05, 3.63) is 0 Å². The molecule has 0 rings (SSSR count). The molecule has 0 radical (unpaired) electrons. The zero-order valence-corrected chi connectivity index (χ0v) is 7.93. The first-order valence-electron chi connectivity index (χ1n) is 3.55. The summed E-state index contributed by atoms with van der Waals surface area (Å²) >= 11 is 3.49. The number of hydrogen-bond acceptors (Lipinski definition) is 2. The molecule has 0 aliphatic heterocycles. The van der Waals surface area contributed by atoms with Crippen LogP contribution < -0.4 is 0 Å². The van der Waals surface area contributed by atoms with E-state index in [9.17, 15) is 0 Å². The van der Waals surface area contributed by atoms with Gasteiger partial charge in [0.25, 0.3) is 0 Å². The van der Waals surface area contributed by atoms with Gasteiger partial charge in [-0.25, -0.2) is 0 Å². The average molecular weight is 211 g/mol. The first-order valence-corrected chi connectivity index (χ1v) is 4.46. The molecule has 1 N–H and O–H groups in total. The highest BCUT2D eigenvalue weighted by Gasteiger charge is 2.01. The first kappa shape index (κ1) is 10.4. The van der Waals surface area contributed by atoms with Gasteiger partial charge >= 0.3 is 0 Å². The number of aliphatic hydroxyl groups excluding tert-OH is 1. The molecule has 0 saturated heterocycles. The number of methoxy groups -OCH3 is 1. The summed E-state index contributed by atoms with van der Waals surface area (Å²) in [4.78, 5) is 0.500. The summed E-state index contributed by atoms with van der Waals surface area (Å²) in [6.07, 6.45) is 2.93. The quantitative estimate of drug-likeness (QED) is 0.675. The van der Waals surface area contributed by atoms with Crippen molar-refractivity contribution in [3.63, 3.8) is 0 Å². The second kappa shape index (κ2) is 7.51. The fraction of sp³-hybridized carbons (Fsp3) is 1.00. The van der Waals surface area contributed by atoms with Gasteiger partial charge in [-0.05, 0) is 19.3 Å². The number of rotatable bonds is 6. The van der Waals surface area contributed by atoms with E-state index >= 15 is 0 Å². The number of ether oxygens (including phenoxy) is 1. The van der Waals surface area contributed by atoms with Crippen LogP contribution in [0.1, 0.15) is 19.3 Å². The van der Waals surface area contributed by atoms with Crippen molar-refractivity contribution >= 4 is 15.9 Å². The fourth-order valence-corrected chi connectivity index (χ4v) is 1.21. The molecule has 10 heavy (non-hydrogen) atoms. The minimum atomic E-state index is 0.287. The fourth-order valence-electron chi connectivity index (χ4n) is 0.703. The molecule has 0 saturated carbocycles. The van der Waals surface area contributed by atoms with Crippen LogP contribution in [-0.2, 0) is 4.74 Å². The molecule has 62 valence electrons. The van der Waals surface area contributed by atoms with Gasteiger partial charge in [0.1, 0.15) is 0 Å². The molecule has 0 heterocycles. The van der Waals surface area contributed by atoms with Gasteiger partial charge in [-0.3, -0.25) is 0 Å². The second-order valence-electron chi connectivity index (χ2n) is 2.24. The van der Waals surface area contributed by atoms with E-state index in [-0.39, 0.29) is 6.61 Å². The molecule has 0 aromatic heterocycles. The summed E-state index contributed by atoms with van der Waals surface area (Å²) in [6.45, 7) is 1.08. The van der Waals surface area contributed by atoms with Crippen molar-refractivity contribution < 1.29 is 9.84 Å². The average Bonchev–Trinajstić information content (AvgIpc) is 1.97. The van der Waals surface area contributed by atoms with Gasteiger partial charge < -0.3 is 9.84 Å². The van der Waals surface area contributed by atoms with Crippen LogP contribution in [0.5, 0.6) is 0 Å². The normalized spacial score (nSPS) is 13.5. The molecule has 1 atom stereocenters. The minimum Gasteiger partial charge on any atom is -0.396 e. The van der Waals surface area contributed by atoms with Crippen molar-refractivity contribution in [3.8, 4) is 0 Å². The molecule has 0 aromatic rings. The highest BCUT2D eigenvalue weighted by Crippen LogP contribution is 2.11. The SMILES string of the molecule is COCCC(Br)CCCO. The van der Waals surface area contributed by atoms with Crippen LogP contribution in [-0.4, -0.2) is 30.3 Å². The molecule has 0 aliphatic carbocycles. The Hall–Kier alpha value is 0.400. The lowest BCUT2D eigenvalue weighted by Crippen LogP contribution is -2.03. The summed E-state index contributed by atoms with van der Waals surface area (Å²) in [6, 6.07) is 0. The third-order valence-corrected chi connectivity index (χ3v) is 2.23. The molecule has 0 amide bonds. The van der Waals surface area contributed by atoms with E-state index in [4.69, 9.17) is 9.84 Å². The Morgan fingerprint density at radius 3 is 2.70 bits per heavy atom. The van der Waals surface area contributed by atoms with Gasteiger partial charge in [0.2, 0.25) is 0 Å². The summed E-state index contributed by atoms with van der Waals surface area (Å²) in [7, 11) is 1.70. The van der Waals surface area contributed by atoms with Crippen molar-refractivity contribution in [2.75, 3.05) is 20.3 Å². The van der Waals surface area contributed by atoms with E-state index in [1.807, 2.05) is 0 Å². The number of hydrogen-bond donors (Lipinski definition) is 1. The van der Waals surface area contributed by atoms with E-state index in [2.05, 4.69) is 15.9 Å². The minimum absolute atomic E-state index is 0.287. The topological polar surface area (TPSA) is 29.5 Å². The zero-order valence-electron chi connectivity index (χ0n) is 6.35. The van der Waals surface area contributed by atoms with E-state index in [0.717, 1.165) is 25.9 Å². The third-order valence-electron chi connectivity index (χ3n) is 1.31. The summed E-state index contributed by atoms with van der Waals surface area (Å²) in [5, 5.41) is 8.49. The molecule has 0 aliphatic rings. The van der Waals surface area contributed by atoms with Crippen molar-refractivity contribution in [1.29, 1.82) is 0 Å². The molecular formula is C7H15BrO2. The Morgan fingerprint density at radius 1 is 1.50 bits per heavy atom. The summed E-state index contributed by atoms with van der Waals surface area (Å²) in [5.41, 5.74) is 0. The predicted molar refractivity (Wildman–Crippen MR) is 45.5 cm³/mol. The Balaban J connectivity index is 3.00. The maximum atomic E-state index is 8.49. The molecule has 0 aromatic carbocycles.